The van der Waals surface area contributed by atoms with Crippen LogP contribution in [0.25, 0.3) is 16.8 Å². The fourth-order valence-electron chi connectivity index (χ4n) is 5.55. The lowest BCUT2D eigenvalue weighted by Crippen LogP contribution is -2.19. The average molecular weight is 477 g/mol. The summed E-state index contributed by atoms with van der Waals surface area (Å²) < 4.78 is 2.10. The van der Waals surface area contributed by atoms with Gasteiger partial charge in [-0.3, -0.25) is 14.2 Å². The van der Waals surface area contributed by atoms with Crippen molar-refractivity contribution in [2.45, 2.75) is 25.2 Å². The predicted molar refractivity (Wildman–Crippen MR) is 140 cm³/mol. The van der Waals surface area contributed by atoms with E-state index in [4.69, 9.17) is 10.7 Å². The summed E-state index contributed by atoms with van der Waals surface area (Å²) in [5.74, 6) is 1.85. The highest BCUT2D eigenvalue weighted by molar-refractivity contribution is 5.98. The number of ketones is 1. The summed E-state index contributed by atoms with van der Waals surface area (Å²) in [6, 6.07) is 13.2. The molecule has 2 N–H and O–H groups in total. The van der Waals surface area contributed by atoms with E-state index in [1.807, 2.05) is 54.7 Å². The first kappa shape index (κ1) is 22.2. The van der Waals surface area contributed by atoms with E-state index in [1.165, 1.54) is 0 Å². The molecule has 2 unspecified atom stereocenters. The van der Waals surface area contributed by atoms with Crippen LogP contribution in [0.15, 0.2) is 86.0 Å². The topological polar surface area (TPSA) is 89.4 Å². The third kappa shape index (κ3) is 3.68. The second kappa shape index (κ2) is 8.45. The molecule has 6 rings (SSSR count). The molecular weight excluding hydrogens is 448 g/mol. The van der Waals surface area contributed by atoms with Crippen molar-refractivity contribution in [3.8, 4) is 11.3 Å². The van der Waals surface area contributed by atoms with Crippen molar-refractivity contribution in [1.82, 2.24) is 24.3 Å². The van der Waals surface area contributed by atoms with Crippen LogP contribution >= 0.6 is 0 Å². The lowest BCUT2D eigenvalue weighted by molar-refractivity contribution is 0.0992. The minimum Gasteiger partial charge on any atom is -0.382 e. The summed E-state index contributed by atoms with van der Waals surface area (Å²) in [5, 5.41) is 0. The Bertz CT molecular complexity index is 1490. The van der Waals surface area contributed by atoms with E-state index in [9.17, 15) is 4.79 Å². The highest BCUT2D eigenvalue weighted by Gasteiger charge is 2.59. The van der Waals surface area contributed by atoms with Gasteiger partial charge in [-0.15, -0.1) is 0 Å². The van der Waals surface area contributed by atoms with Gasteiger partial charge in [-0.25, -0.2) is 9.97 Å². The number of pyridine rings is 1. The van der Waals surface area contributed by atoms with E-state index in [0.29, 0.717) is 17.3 Å². The van der Waals surface area contributed by atoms with Crippen molar-refractivity contribution in [3.63, 3.8) is 0 Å². The van der Waals surface area contributed by atoms with E-state index in [0.717, 1.165) is 59.9 Å². The van der Waals surface area contributed by atoms with Crippen LogP contribution in [-0.2, 0) is 6.42 Å². The number of imidazole rings is 1. The molecule has 1 spiro atoms. The van der Waals surface area contributed by atoms with Gasteiger partial charge >= 0.3 is 0 Å². The summed E-state index contributed by atoms with van der Waals surface area (Å²) in [6.07, 6.45) is 9.69. The van der Waals surface area contributed by atoms with Gasteiger partial charge in [-0.05, 0) is 31.1 Å². The highest BCUT2D eigenvalue weighted by atomic mass is 16.1. The van der Waals surface area contributed by atoms with E-state index in [1.54, 1.807) is 12.4 Å². The summed E-state index contributed by atoms with van der Waals surface area (Å²) in [7, 11) is 0. The zero-order valence-electron chi connectivity index (χ0n) is 20.1. The summed E-state index contributed by atoms with van der Waals surface area (Å²) in [6.45, 7) is 9.97. The van der Waals surface area contributed by atoms with E-state index in [2.05, 4.69) is 32.4 Å². The number of nitrogen functional groups attached to an aromatic ring is 1. The van der Waals surface area contributed by atoms with Crippen LogP contribution in [0.3, 0.4) is 0 Å². The van der Waals surface area contributed by atoms with Crippen molar-refractivity contribution < 1.29 is 4.79 Å². The number of fused-ring (bicyclic) bond motifs is 1. The number of nitrogens with two attached hydrogens (primary N) is 1. The number of likely N-dealkylation sites (tertiary alicyclic amines) is 1. The molecule has 1 saturated carbocycles. The Hall–Kier alpha value is -4.26. The molecule has 2 aliphatic rings. The third-order valence-corrected chi connectivity index (χ3v) is 7.69. The van der Waals surface area contributed by atoms with Crippen LogP contribution in [0.5, 0.6) is 0 Å². The Balaban J connectivity index is 1.30. The molecule has 3 aromatic heterocycles. The molecule has 4 aromatic rings. The van der Waals surface area contributed by atoms with Crippen LogP contribution in [0.2, 0.25) is 0 Å². The molecule has 36 heavy (non-hydrogen) atoms. The molecule has 1 aliphatic carbocycles. The molecule has 1 saturated heterocycles. The SMILES string of the molecule is C=CC(=C)N1CCC2(CC2c2nc(-c3ccc(C(=O)Cc4ccccn4)cc3)c3c(N)nccn23)C1. The standard InChI is InChI=1S/C29H28N6O/c1-3-19(2)34-14-11-29(18-34)17-23(29)28-33-25(26-27(30)32-13-15-35(26)28)21-9-7-20(8-10-21)24(36)16-22-6-4-5-12-31-22/h3-10,12-13,15,23H,1-2,11,14,16-18H2,(H2,30,32). The maximum Gasteiger partial charge on any atom is 0.168 e. The lowest BCUT2D eigenvalue weighted by atomic mass is 10.0. The monoisotopic (exact) mass is 476 g/mol. The average Bonchev–Trinajstić information content (AvgIpc) is 3.22. The van der Waals surface area contributed by atoms with Crippen molar-refractivity contribution in [2.75, 3.05) is 18.8 Å². The zero-order chi connectivity index (χ0) is 24.9. The number of hydrogen-bond donors (Lipinski definition) is 1. The zero-order valence-corrected chi connectivity index (χ0v) is 20.1. The van der Waals surface area contributed by atoms with Crippen molar-refractivity contribution >= 4 is 17.1 Å². The van der Waals surface area contributed by atoms with Crippen LogP contribution in [0, 0.1) is 5.41 Å². The van der Waals surface area contributed by atoms with Gasteiger partial charge in [-0.2, -0.15) is 0 Å². The van der Waals surface area contributed by atoms with Gasteiger partial charge in [0.05, 0.1) is 6.42 Å². The molecule has 4 heterocycles. The van der Waals surface area contributed by atoms with Gasteiger partial charge in [0.25, 0.3) is 0 Å². The Kier molecular flexibility index (Phi) is 5.21. The number of carbonyl (C=O) groups excluding carboxylic acids is 1. The molecule has 2 fully saturated rings. The minimum absolute atomic E-state index is 0.0311. The first-order valence-electron chi connectivity index (χ1n) is 12.2. The molecule has 180 valence electrons. The van der Waals surface area contributed by atoms with Gasteiger partial charge in [0.15, 0.2) is 5.78 Å². The van der Waals surface area contributed by atoms with Gasteiger partial charge < -0.3 is 10.6 Å². The molecule has 0 amide bonds. The fourth-order valence-corrected chi connectivity index (χ4v) is 5.55. The third-order valence-electron chi connectivity index (χ3n) is 7.69. The van der Waals surface area contributed by atoms with Crippen LogP contribution in [-0.4, -0.2) is 43.1 Å². The van der Waals surface area contributed by atoms with Crippen LogP contribution < -0.4 is 5.73 Å². The van der Waals surface area contributed by atoms with Crippen molar-refractivity contribution in [2.24, 2.45) is 5.41 Å². The smallest absolute Gasteiger partial charge is 0.168 e. The Morgan fingerprint density at radius 2 is 2.00 bits per heavy atom. The van der Waals surface area contributed by atoms with Gasteiger partial charge in [0.2, 0.25) is 0 Å². The summed E-state index contributed by atoms with van der Waals surface area (Å²) in [4.78, 5) is 28.8. The lowest BCUT2D eigenvalue weighted by Gasteiger charge is -2.18. The minimum atomic E-state index is 0.0311. The van der Waals surface area contributed by atoms with Crippen molar-refractivity contribution in [1.29, 1.82) is 0 Å². The van der Waals surface area contributed by atoms with E-state index < -0.39 is 0 Å². The van der Waals surface area contributed by atoms with Crippen LogP contribution in [0.1, 0.15) is 40.6 Å². The van der Waals surface area contributed by atoms with Crippen LogP contribution in [0.4, 0.5) is 5.82 Å². The highest BCUT2D eigenvalue weighted by Crippen LogP contribution is 2.64. The molecule has 0 radical (unpaired) electrons. The number of rotatable bonds is 7. The number of hydrogen-bond acceptors (Lipinski definition) is 6. The van der Waals surface area contributed by atoms with Gasteiger partial charge in [-0.1, -0.05) is 43.5 Å². The van der Waals surface area contributed by atoms with Gasteiger partial charge in [0.1, 0.15) is 22.9 Å². The second-order valence-electron chi connectivity index (χ2n) is 9.83. The van der Waals surface area contributed by atoms with E-state index in [-0.39, 0.29) is 17.6 Å². The number of benzene rings is 1. The predicted octanol–water partition coefficient (Wildman–Crippen LogP) is 4.68. The Morgan fingerprint density at radius 1 is 1.17 bits per heavy atom. The molecular formula is C29H28N6O. The maximum atomic E-state index is 12.8. The number of nitrogens with zero attached hydrogens (tertiary/aromatic N) is 5. The quantitative estimate of drug-likeness (QED) is 0.308. The maximum absolute atomic E-state index is 12.8. The number of aromatic nitrogens is 4. The summed E-state index contributed by atoms with van der Waals surface area (Å²) in [5.41, 5.74) is 11.5. The first-order valence-corrected chi connectivity index (χ1v) is 12.2. The number of anilines is 1. The molecule has 1 aromatic carbocycles. The number of carbonyl (C=O) groups is 1. The van der Waals surface area contributed by atoms with Crippen molar-refractivity contribution in [3.05, 3.63) is 103 Å². The molecule has 2 atom stereocenters. The first-order chi connectivity index (χ1) is 17.5. The molecule has 0 bridgehead atoms. The molecule has 7 nitrogen and oxygen atoms in total. The Morgan fingerprint density at radius 3 is 2.75 bits per heavy atom. The molecule has 7 heteroatoms. The summed E-state index contributed by atoms with van der Waals surface area (Å²) >= 11 is 0. The Labute approximate surface area is 210 Å². The molecule has 1 aliphatic heterocycles. The normalized spacial score (nSPS) is 20.7. The largest absolute Gasteiger partial charge is 0.382 e. The number of Topliss-reactive ketones (excluding diaryl/α,β-unsaturated/α-hetero) is 1. The second-order valence-corrected chi connectivity index (χ2v) is 9.83. The van der Waals surface area contributed by atoms with E-state index >= 15 is 0 Å². The fraction of sp³-hybridized carbons (Fsp3) is 0.241. The van der Waals surface area contributed by atoms with Gasteiger partial charge in [0, 0.05) is 65.5 Å². The number of allylic oxidation sites excluding steroid dienone is 1.